The van der Waals surface area contributed by atoms with E-state index in [-0.39, 0.29) is 5.78 Å². The molecule has 0 aliphatic carbocycles. The van der Waals surface area contributed by atoms with Crippen LogP contribution < -0.4 is 4.90 Å². The second-order valence-electron chi connectivity index (χ2n) is 5.49. The zero-order chi connectivity index (χ0) is 14.1. The van der Waals surface area contributed by atoms with E-state index in [9.17, 15) is 4.79 Å². The molecule has 1 aliphatic heterocycles. The second kappa shape index (κ2) is 5.12. The van der Waals surface area contributed by atoms with Crippen molar-refractivity contribution in [1.82, 2.24) is 0 Å². The van der Waals surface area contributed by atoms with Gasteiger partial charge in [-0.1, -0.05) is 17.7 Å². The van der Waals surface area contributed by atoms with Crippen LogP contribution in [0.25, 0.3) is 0 Å². The summed E-state index contributed by atoms with van der Waals surface area (Å²) in [5.41, 5.74) is 5.98. The lowest BCUT2D eigenvalue weighted by Crippen LogP contribution is -2.24. The summed E-state index contributed by atoms with van der Waals surface area (Å²) in [7, 11) is 0. The van der Waals surface area contributed by atoms with E-state index in [0.717, 1.165) is 18.5 Å². The molecule has 0 radical (unpaired) electrons. The normalized spacial score (nSPS) is 14.0. The molecule has 0 N–H and O–H groups in total. The molecule has 0 unspecified atom stereocenters. The van der Waals surface area contributed by atoms with Crippen LogP contribution in [0.1, 0.15) is 34.8 Å². The lowest BCUT2D eigenvalue weighted by molar-refractivity contribution is 0.101. The van der Waals surface area contributed by atoms with E-state index in [2.05, 4.69) is 30.0 Å². The summed E-state index contributed by atoms with van der Waals surface area (Å²) in [4.78, 5) is 13.7. The monoisotopic (exact) mass is 265 g/mol. The fourth-order valence-electron chi connectivity index (χ4n) is 2.87. The molecule has 0 saturated heterocycles. The van der Waals surface area contributed by atoms with Crippen molar-refractivity contribution in [2.24, 2.45) is 0 Å². The van der Waals surface area contributed by atoms with E-state index >= 15 is 0 Å². The smallest absolute Gasteiger partial charge is 0.159 e. The van der Waals surface area contributed by atoms with Crippen molar-refractivity contribution in [3.63, 3.8) is 0 Å². The van der Waals surface area contributed by atoms with Crippen LogP contribution in [0.5, 0.6) is 0 Å². The van der Waals surface area contributed by atoms with Crippen molar-refractivity contribution in [3.8, 4) is 0 Å². The highest BCUT2D eigenvalue weighted by Crippen LogP contribution is 2.34. The maximum Gasteiger partial charge on any atom is 0.159 e. The Labute approximate surface area is 120 Å². The first kappa shape index (κ1) is 12.9. The number of carbonyl (C=O) groups excluding carboxylic acids is 1. The number of Topliss-reactive ketones (excluding diaryl/α,β-unsaturated/α-hetero) is 1. The first-order valence-electron chi connectivity index (χ1n) is 7.13. The van der Waals surface area contributed by atoms with E-state index in [1.807, 2.05) is 24.3 Å². The molecular formula is C18H19NO. The van der Waals surface area contributed by atoms with E-state index < -0.39 is 0 Å². The molecule has 0 amide bonds. The maximum atomic E-state index is 11.4. The van der Waals surface area contributed by atoms with Crippen molar-refractivity contribution in [3.05, 3.63) is 59.2 Å². The van der Waals surface area contributed by atoms with Crippen LogP contribution in [-0.4, -0.2) is 12.3 Å². The average Bonchev–Trinajstić information content (AvgIpc) is 2.46. The van der Waals surface area contributed by atoms with Crippen LogP contribution in [0.2, 0.25) is 0 Å². The number of nitrogens with zero attached hydrogens (tertiary/aromatic N) is 1. The Morgan fingerprint density at radius 2 is 1.85 bits per heavy atom. The fraction of sp³-hybridized carbons (Fsp3) is 0.278. The van der Waals surface area contributed by atoms with Gasteiger partial charge in [-0.15, -0.1) is 0 Å². The minimum atomic E-state index is 0.117. The van der Waals surface area contributed by atoms with Crippen LogP contribution in [0.15, 0.2) is 42.5 Å². The van der Waals surface area contributed by atoms with Crippen molar-refractivity contribution >= 4 is 17.2 Å². The summed E-state index contributed by atoms with van der Waals surface area (Å²) in [5.74, 6) is 0.117. The molecule has 0 bridgehead atoms. The number of benzene rings is 2. The summed E-state index contributed by atoms with van der Waals surface area (Å²) in [6, 6.07) is 14.6. The van der Waals surface area contributed by atoms with Gasteiger partial charge in [0.2, 0.25) is 0 Å². The predicted molar refractivity (Wildman–Crippen MR) is 83.0 cm³/mol. The van der Waals surface area contributed by atoms with Crippen LogP contribution in [0, 0.1) is 6.92 Å². The van der Waals surface area contributed by atoms with Gasteiger partial charge in [0.05, 0.1) is 0 Å². The number of carbonyl (C=O) groups is 1. The summed E-state index contributed by atoms with van der Waals surface area (Å²) >= 11 is 0. The molecule has 1 heterocycles. The predicted octanol–water partition coefficient (Wildman–Crippen LogP) is 4.28. The number of hydrogen-bond acceptors (Lipinski definition) is 2. The number of ketones is 1. The lowest BCUT2D eigenvalue weighted by atomic mass is 9.99. The molecule has 102 valence electrons. The highest BCUT2D eigenvalue weighted by Gasteiger charge is 2.18. The van der Waals surface area contributed by atoms with Gasteiger partial charge < -0.3 is 4.90 Å². The highest BCUT2D eigenvalue weighted by atomic mass is 16.1. The highest BCUT2D eigenvalue weighted by molar-refractivity contribution is 5.94. The number of rotatable bonds is 2. The van der Waals surface area contributed by atoms with Crippen LogP contribution in [0.4, 0.5) is 11.4 Å². The molecule has 2 aromatic rings. The molecule has 0 spiro atoms. The van der Waals surface area contributed by atoms with Gasteiger partial charge in [-0.2, -0.15) is 0 Å². The fourth-order valence-corrected chi connectivity index (χ4v) is 2.87. The molecular weight excluding hydrogens is 246 g/mol. The summed E-state index contributed by atoms with van der Waals surface area (Å²) in [6.07, 6.45) is 2.32. The summed E-state index contributed by atoms with van der Waals surface area (Å²) < 4.78 is 0. The molecule has 1 aliphatic rings. The van der Waals surface area contributed by atoms with E-state index in [4.69, 9.17) is 0 Å². The first-order chi connectivity index (χ1) is 9.65. The third-order valence-corrected chi connectivity index (χ3v) is 3.94. The van der Waals surface area contributed by atoms with Crippen LogP contribution in [0.3, 0.4) is 0 Å². The minimum Gasteiger partial charge on any atom is -0.341 e. The van der Waals surface area contributed by atoms with Gasteiger partial charge in [0.15, 0.2) is 5.78 Å². The molecule has 2 aromatic carbocycles. The first-order valence-corrected chi connectivity index (χ1v) is 7.13. The SMILES string of the molecule is CC(=O)c1ccc(N2CCCc3cc(C)ccc32)cc1. The van der Waals surface area contributed by atoms with Crippen LogP contribution >= 0.6 is 0 Å². The zero-order valence-corrected chi connectivity index (χ0v) is 12.0. The van der Waals surface area contributed by atoms with Gasteiger partial charge in [0, 0.05) is 23.5 Å². The van der Waals surface area contributed by atoms with Gasteiger partial charge in [-0.05, 0) is 62.6 Å². The molecule has 20 heavy (non-hydrogen) atoms. The number of anilines is 2. The van der Waals surface area contributed by atoms with Gasteiger partial charge >= 0.3 is 0 Å². The number of fused-ring (bicyclic) bond motifs is 1. The van der Waals surface area contributed by atoms with Crippen molar-refractivity contribution in [2.45, 2.75) is 26.7 Å². The Kier molecular flexibility index (Phi) is 3.31. The Hall–Kier alpha value is -2.09. The molecule has 2 nitrogen and oxygen atoms in total. The molecule has 0 saturated carbocycles. The topological polar surface area (TPSA) is 20.3 Å². The average molecular weight is 265 g/mol. The third kappa shape index (κ3) is 2.34. The minimum absolute atomic E-state index is 0.117. The van der Waals surface area contributed by atoms with Gasteiger partial charge in [-0.25, -0.2) is 0 Å². The maximum absolute atomic E-state index is 11.4. The quantitative estimate of drug-likeness (QED) is 0.755. The number of aryl methyl sites for hydroxylation is 2. The van der Waals surface area contributed by atoms with Crippen molar-refractivity contribution < 1.29 is 4.79 Å². The van der Waals surface area contributed by atoms with Crippen molar-refractivity contribution in [2.75, 3.05) is 11.4 Å². The molecule has 3 rings (SSSR count). The zero-order valence-electron chi connectivity index (χ0n) is 12.0. The molecule has 0 fully saturated rings. The summed E-state index contributed by atoms with van der Waals surface area (Å²) in [6.45, 7) is 4.78. The Morgan fingerprint density at radius 1 is 1.10 bits per heavy atom. The van der Waals surface area contributed by atoms with Gasteiger partial charge in [-0.3, -0.25) is 4.79 Å². The van der Waals surface area contributed by atoms with E-state index in [1.54, 1.807) is 6.92 Å². The van der Waals surface area contributed by atoms with E-state index in [1.165, 1.54) is 28.9 Å². The molecule has 2 heteroatoms. The van der Waals surface area contributed by atoms with Crippen molar-refractivity contribution in [1.29, 1.82) is 0 Å². The number of hydrogen-bond donors (Lipinski definition) is 0. The Balaban J connectivity index is 1.98. The summed E-state index contributed by atoms with van der Waals surface area (Å²) in [5, 5.41) is 0. The Bertz CT molecular complexity index is 643. The van der Waals surface area contributed by atoms with Crippen LogP contribution in [-0.2, 0) is 6.42 Å². The van der Waals surface area contributed by atoms with Gasteiger partial charge in [0.25, 0.3) is 0 Å². The van der Waals surface area contributed by atoms with Gasteiger partial charge in [0.1, 0.15) is 0 Å². The second-order valence-corrected chi connectivity index (χ2v) is 5.49. The molecule has 0 atom stereocenters. The lowest BCUT2D eigenvalue weighted by Gasteiger charge is -2.31. The largest absolute Gasteiger partial charge is 0.341 e. The van der Waals surface area contributed by atoms with E-state index in [0.29, 0.717) is 0 Å². The third-order valence-electron chi connectivity index (χ3n) is 3.94. The standard InChI is InChI=1S/C18H19NO/c1-13-5-10-18-16(12-13)4-3-11-19(18)17-8-6-15(7-9-17)14(2)20/h5-10,12H,3-4,11H2,1-2H3. The Morgan fingerprint density at radius 3 is 2.55 bits per heavy atom. The molecule has 0 aromatic heterocycles.